The summed E-state index contributed by atoms with van der Waals surface area (Å²) >= 11 is 0. The lowest BCUT2D eigenvalue weighted by molar-refractivity contribution is -0.123. The molecular weight excluding hydrogens is 412 g/mol. The molecule has 1 heterocycles. The molecule has 0 aromatic heterocycles. The molecule has 33 heavy (non-hydrogen) atoms. The number of methoxy groups -OCH3 is 2. The van der Waals surface area contributed by atoms with E-state index in [1.807, 2.05) is 18.2 Å². The molecule has 0 saturated carbocycles. The van der Waals surface area contributed by atoms with Crippen LogP contribution in [-0.4, -0.2) is 38.1 Å². The summed E-state index contributed by atoms with van der Waals surface area (Å²) in [6.07, 6.45) is 1.69. The summed E-state index contributed by atoms with van der Waals surface area (Å²) in [5, 5.41) is 3.11. The molecule has 5 heteroatoms. The van der Waals surface area contributed by atoms with Crippen LogP contribution in [-0.2, 0) is 24.2 Å². The van der Waals surface area contributed by atoms with Crippen LogP contribution >= 0.6 is 0 Å². The molecule has 5 nitrogen and oxygen atoms in total. The number of nitrogens with zero attached hydrogens (tertiary/aromatic N) is 1. The van der Waals surface area contributed by atoms with Gasteiger partial charge in [-0.15, -0.1) is 0 Å². The summed E-state index contributed by atoms with van der Waals surface area (Å²) in [7, 11) is 3.33. The highest BCUT2D eigenvalue weighted by Gasteiger charge is 2.30. The second-order valence-corrected chi connectivity index (χ2v) is 8.54. The first-order valence-corrected chi connectivity index (χ1v) is 11.4. The van der Waals surface area contributed by atoms with Gasteiger partial charge in [-0.1, -0.05) is 54.6 Å². The second-order valence-electron chi connectivity index (χ2n) is 8.54. The standard InChI is InChI=1S/C28H32N2O3/c1-20-9-7-8-12-23(20)18-29-28(31)19-30-14-13-22-16-26(32-2)27(33-3)17-24(22)25(30)15-21-10-5-4-6-11-21/h4-12,16-17,25H,13-15,18-19H2,1-3H3,(H,29,31). The molecule has 0 aliphatic carbocycles. The SMILES string of the molecule is COc1cc2c(cc1OC)C(Cc1ccccc1)N(CC(=O)NCc1ccccc1C)CC2. The van der Waals surface area contributed by atoms with Crippen LogP contribution in [0.2, 0.25) is 0 Å². The summed E-state index contributed by atoms with van der Waals surface area (Å²) in [4.78, 5) is 15.2. The number of carbonyl (C=O) groups is 1. The van der Waals surface area contributed by atoms with Gasteiger partial charge in [0.1, 0.15) is 0 Å². The predicted molar refractivity (Wildman–Crippen MR) is 131 cm³/mol. The minimum atomic E-state index is 0.0419. The van der Waals surface area contributed by atoms with Gasteiger partial charge < -0.3 is 14.8 Å². The van der Waals surface area contributed by atoms with Gasteiger partial charge in [0.15, 0.2) is 11.5 Å². The Bertz CT molecular complexity index is 1100. The first kappa shape index (κ1) is 22.9. The molecule has 1 aliphatic rings. The normalized spacial score (nSPS) is 15.5. The minimum Gasteiger partial charge on any atom is -0.493 e. The maximum atomic E-state index is 12.9. The number of hydrogen-bond donors (Lipinski definition) is 1. The molecule has 172 valence electrons. The van der Waals surface area contributed by atoms with Crippen LogP contribution in [0.25, 0.3) is 0 Å². The first-order chi connectivity index (χ1) is 16.1. The van der Waals surface area contributed by atoms with Crippen molar-refractivity contribution in [3.63, 3.8) is 0 Å². The van der Waals surface area contributed by atoms with Crippen molar-refractivity contribution < 1.29 is 14.3 Å². The Kier molecular flexibility index (Phi) is 7.30. The Morgan fingerprint density at radius 3 is 2.42 bits per heavy atom. The molecule has 1 amide bonds. The lowest BCUT2D eigenvalue weighted by atomic mass is 9.88. The van der Waals surface area contributed by atoms with Crippen LogP contribution in [0.1, 0.15) is 33.9 Å². The van der Waals surface area contributed by atoms with E-state index in [0.717, 1.165) is 36.4 Å². The molecule has 1 atom stereocenters. The van der Waals surface area contributed by atoms with E-state index in [4.69, 9.17) is 9.47 Å². The number of benzene rings is 3. The lowest BCUT2D eigenvalue weighted by Crippen LogP contribution is -2.43. The van der Waals surface area contributed by atoms with E-state index < -0.39 is 0 Å². The van der Waals surface area contributed by atoms with Crippen molar-refractivity contribution in [2.45, 2.75) is 32.4 Å². The molecule has 1 N–H and O–H groups in total. The number of hydrogen-bond acceptors (Lipinski definition) is 4. The first-order valence-electron chi connectivity index (χ1n) is 11.4. The molecule has 0 bridgehead atoms. The summed E-state index contributed by atoms with van der Waals surface area (Å²) in [6.45, 7) is 3.79. The van der Waals surface area contributed by atoms with E-state index in [1.54, 1.807) is 14.2 Å². The zero-order valence-corrected chi connectivity index (χ0v) is 19.6. The fourth-order valence-electron chi connectivity index (χ4n) is 4.59. The topological polar surface area (TPSA) is 50.8 Å². The molecule has 0 spiro atoms. The zero-order valence-electron chi connectivity index (χ0n) is 19.6. The third-order valence-corrected chi connectivity index (χ3v) is 6.47. The Hall–Kier alpha value is -3.31. The van der Waals surface area contributed by atoms with Crippen molar-refractivity contribution in [3.05, 3.63) is 94.5 Å². The smallest absolute Gasteiger partial charge is 0.234 e. The Morgan fingerprint density at radius 2 is 1.70 bits per heavy atom. The van der Waals surface area contributed by atoms with Crippen LogP contribution in [0.5, 0.6) is 11.5 Å². The van der Waals surface area contributed by atoms with Crippen molar-refractivity contribution in [2.24, 2.45) is 0 Å². The number of carbonyl (C=O) groups excluding carboxylic acids is 1. The largest absolute Gasteiger partial charge is 0.493 e. The van der Waals surface area contributed by atoms with Gasteiger partial charge in [0.2, 0.25) is 5.91 Å². The van der Waals surface area contributed by atoms with E-state index in [2.05, 4.69) is 65.7 Å². The molecule has 0 fully saturated rings. The fourth-order valence-corrected chi connectivity index (χ4v) is 4.59. The predicted octanol–water partition coefficient (Wildman–Crippen LogP) is 4.47. The Labute approximate surface area is 196 Å². The maximum Gasteiger partial charge on any atom is 0.234 e. The molecule has 3 aromatic rings. The number of rotatable bonds is 8. The average Bonchev–Trinajstić information content (AvgIpc) is 2.84. The number of fused-ring (bicyclic) bond motifs is 1. The molecule has 0 radical (unpaired) electrons. The highest BCUT2D eigenvalue weighted by molar-refractivity contribution is 5.78. The van der Waals surface area contributed by atoms with Crippen LogP contribution in [0, 0.1) is 6.92 Å². The number of ether oxygens (including phenoxy) is 2. The van der Waals surface area contributed by atoms with Crippen molar-refractivity contribution in [3.8, 4) is 11.5 Å². The van der Waals surface area contributed by atoms with Gasteiger partial charge in [-0.3, -0.25) is 9.69 Å². The monoisotopic (exact) mass is 444 g/mol. The van der Waals surface area contributed by atoms with E-state index in [9.17, 15) is 4.79 Å². The minimum absolute atomic E-state index is 0.0419. The summed E-state index contributed by atoms with van der Waals surface area (Å²) in [5.41, 5.74) is 6.04. The van der Waals surface area contributed by atoms with Crippen LogP contribution in [0.15, 0.2) is 66.7 Å². The quantitative estimate of drug-likeness (QED) is 0.557. The van der Waals surface area contributed by atoms with E-state index in [1.165, 1.54) is 22.3 Å². The van der Waals surface area contributed by atoms with Crippen molar-refractivity contribution >= 4 is 5.91 Å². The van der Waals surface area contributed by atoms with Gasteiger partial charge in [0.25, 0.3) is 0 Å². The highest BCUT2D eigenvalue weighted by atomic mass is 16.5. The Morgan fingerprint density at radius 1 is 1.00 bits per heavy atom. The van der Waals surface area contributed by atoms with E-state index in [-0.39, 0.29) is 11.9 Å². The average molecular weight is 445 g/mol. The molecule has 0 saturated heterocycles. The molecule has 1 aliphatic heterocycles. The summed E-state index contributed by atoms with van der Waals surface area (Å²) < 4.78 is 11.1. The van der Waals surface area contributed by atoms with Gasteiger partial charge in [-0.25, -0.2) is 0 Å². The second kappa shape index (κ2) is 10.5. The van der Waals surface area contributed by atoms with Gasteiger partial charge >= 0.3 is 0 Å². The summed E-state index contributed by atoms with van der Waals surface area (Å²) in [5.74, 6) is 1.51. The lowest BCUT2D eigenvalue weighted by Gasteiger charge is -2.37. The van der Waals surface area contributed by atoms with Crippen molar-refractivity contribution in [2.75, 3.05) is 27.3 Å². The van der Waals surface area contributed by atoms with Gasteiger partial charge in [0, 0.05) is 19.1 Å². The molecule has 3 aromatic carbocycles. The third-order valence-electron chi connectivity index (χ3n) is 6.47. The van der Waals surface area contributed by atoms with Gasteiger partial charge in [-0.2, -0.15) is 0 Å². The van der Waals surface area contributed by atoms with Crippen molar-refractivity contribution in [1.82, 2.24) is 10.2 Å². The van der Waals surface area contributed by atoms with Crippen LogP contribution in [0.3, 0.4) is 0 Å². The maximum absolute atomic E-state index is 12.9. The fraction of sp³-hybridized carbons (Fsp3) is 0.321. The number of aryl methyl sites for hydroxylation is 1. The number of amides is 1. The molecular formula is C28H32N2O3. The highest BCUT2D eigenvalue weighted by Crippen LogP contribution is 2.39. The summed E-state index contributed by atoms with van der Waals surface area (Å²) in [6, 6.07) is 22.9. The van der Waals surface area contributed by atoms with Crippen LogP contribution in [0.4, 0.5) is 0 Å². The van der Waals surface area contributed by atoms with Crippen molar-refractivity contribution in [1.29, 1.82) is 0 Å². The number of nitrogens with one attached hydrogen (secondary N) is 1. The van der Waals surface area contributed by atoms with E-state index >= 15 is 0 Å². The van der Waals surface area contributed by atoms with Gasteiger partial charge in [0.05, 0.1) is 20.8 Å². The zero-order chi connectivity index (χ0) is 23.2. The molecule has 4 rings (SSSR count). The van der Waals surface area contributed by atoms with E-state index in [0.29, 0.717) is 13.1 Å². The molecule has 1 unspecified atom stereocenters. The third kappa shape index (κ3) is 5.37. The van der Waals surface area contributed by atoms with Gasteiger partial charge in [-0.05, 0) is 59.7 Å². The van der Waals surface area contributed by atoms with Crippen LogP contribution < -0.4 is 14.8 Å². The Balaban J connectivity index is 1.56.